The normalized spacial score (nSPS) is 27.5. The molecule has 0 bridgehead atoms. The summed E-state index contributed by atoms with van der Waals surface area (Å²) in [6.45, 7) is 6.06. The number of urea groups is 1. The molecule has 2 rings (SSSR count). The lowest BCUT2D eigenvalue weighted by Crippen LogP contribution is -2.91. The summed E-state index contributed by atoms with van der Waals surface area (Å²) in [5.74, 6) is -0.0269. The van der Waals surface area contributed by atoms with Gasteiger partial charge in [0, 0.05) is 6.04 Å². The van der Waals surface area contributed by atoms with Gasteiger partial charge in [-0.25, -0.2) is 4.79 Å². The maximum atomic E-state index is 11.8. The number of imide groups is 1. The summed E-state index contributed by atoms with van der Waals surface area (Å²) in [6, 6.07) is -0.345. The van der Waals surface area contributed by atoms with Gasteiger partial charge in [-0.15, -0.1) is 0 Å². The number of fused-ring (bicyclic) bond motifs is 1. The van der Waals surface area contributed by atoms with Crippen LogP contribution in [0.3, 0.4) is 0 Å². The molecule has 2 fully saturated rings. The molecule has 0 aromatic rings. The lowest BCUT2D eigenvalue weighted by Gasteiger charge is -2.24. The second-order valence-corrected chi connectivity index (χ2v) is 4.11. The minimum absolute atomic E-state index is 0.0269. The van der Waals surface area contributed by atoms with Crippen LogP contribution < -0.4 is 5.32 Å². The van der Waals surface area contributed by atoms with E-state index in [1.165, 1.54) is 4.90 Å². The Kier molecular flexibility index (Phi) is 2.19. The molecule has 0 spiro atoms. The zero-order valence-corrected chi connectivity index (χ0v) is 8.56. The highest BCUT2D eigenvalue weighted by atomic mass is 16.2. The van der Waals surface area contributed by atoms with Crippen LogP contribution in [-0.2, 0) is 4.79 Å². The van der Waals surface area contributed by atoms with Crippen LogP contribution in [0.2, 0.25) is 0 Å². The third-order valence-corrected chi connectivity index (χ3v) is 2.83. The fourth-order valence-electron chi connectivity index (χ4n) is 2.12. The topological polar surface area (TPSA) is 57.2 Å². The van der Waals surface area contributed by atoms with Crippen molar-refractivity contribution in [3.63, 3.8) is 0 Å². The number of carbonyl (C=O) groups excluding carboxylic acids is 2. The molecule has 2 heterocycles. The molecule has 0 aliphatic carbocycles. The number of piperazine rings is 1. The van der Waals surface area contributed by atoms with Gasteiger partial charge in [-0.1, -0.05) is 0 Å². The monoisotopic (exact) mass is 198 g/mol. The highest BCUT2D eigenvalue weighted by Crippen LogP contribution is 2.19. The molecule has 2 saturated heterocycles. The van der Waals surface area contributed by atoms with Crippen molar-refractivity contribution in [2.45, 2.75) is 25.9 Å². The van der Waals surface area contributed by atoms with Crippen molar-refractivity contribution < 1.29 is 14.9 Å². The molecule has 14 heavy (non-hydrogen) atoms. The first-order chi connectivity index (χ1) is 6.63. The molecule has 3 amide bonds. The highest BCUT2D eigenvalue weighted by molar-refractivity contribution is 6.04. The molecule has 2 aliphatic rings. The molecule has 0 aromatic heterocycles. The van der Waals surface area contributed by atoms with Gasteiger partial charge in [-0.2, -0.15) is 0 Å². The van der Waals surface area contributed by atoms with Crippen LogP contribution in [0.5, 0.6) is 0 Å². The van der Waals surface area contributed by atoms with Crippen LogP contribution in [0.4, 0.5) is 4.79 Å². The average Bonchev–Trinajstić information content (AvgIpc) is 2.41. The van der Waals surface area contributed by atoms with Gasteiger partial charge in [0.05, 0.1) is 13.1 Å². The standard InChI is InChI=1S/C9H15N3O2/c1-6(2)12-8(13)7-5-10-3-4-11(7)9(12)14/h6-7,10H,3-5H2,1-2H3/p+1/t7-/m1/s1. The number of nitrogens with zero attached hydrogens (tertiary/aromatic N) is 2. The van der Waals surface area contributed by atoms with Crippen LogP contribution in [0.25, 0.3) is 0 Å². The van der Waals surface area contributed by atoms with E-state index in [2.05, 4.69) is 5.32 Å². The van der Waals surface area contributed by atoms with Crippen molar-refractivity contribution in [2.75, 3.05) is 19.6 Å². The lowest BCUT2D eigenvalue weighted by atomic mass is 10.2. The van der Waals surface area contributed by atoms with Gasteiger partial charge in [0.2, 0.25) is 0 Å². The molecule has 2 aliphatic heterocycles. The SMILES string of the molecule is CC(C)N1C(=O)[C@H]2C[NH2+]CCN2C1=O. The summed E-state index contributed by atoms with van der Waals surface area (Å²) in [7, 11) is 0. The van der Waals surface area contributed by atoms with Crippen molar-refractivity contribution in [1.82, 2.24) is 9.80 Å². The first kappa shape index (κ1) is 9.45. The van der Waals surface area contributed by atoms with Crippen molar-refractivity contribution in [1.29, 1.82) is 0 Å². The fourth-order valence-corrected chi connectivity index (χ4v) is 2.12. The van der Waals surface area contributed by atoms with E-state index in [-0.39, 0.29) is 24.0 Å². The van der Waals surface area contributed by atoms with E-state index < -0.39 is 0 Å². The summed E-state index contributed by atoms with van der Waals surface area (Å²) < 4.78 is 0. The van der Waals surface area contributed by atoms with Gasteiger partial charge >= 0.3 is 6.03 Å². The first-order valence-electron chi connectivity index (χ1n) is 5.08. The minimum atomic E-state index is -0.210. The minimum Gasteiger partial charge on any atom is -0.343 e. The van der Waals surface area contributed by atoms with E-state index in [0.29, 0.717) is 13.1 Å². The molecule has 0 radical (unpaired) electrons. The zero-order valence-electron chi connectivity index (χ0n) is 8.56. The van der Waals surface area contributed by atoms with Crippen LogP contribution >= 0.6 is 0 Å². The molecule has 5 heteroatoms. The van der Waals surface area contributed by atoms with E-state index in [4.69, 9.17) is 0 Å². The largest absolute Gasteiger partial charge is 0.343 e. The molecule has 0 unspecified atom stereocenters. The second kappa shape index (κ2) is 3.24. The smallest absolute Gasteiger partial charge is 0.328 e. The maximum Gasteiger partial charge on any atom is 0.328 e. The highest BCUT2D eigenvalue weighted by Gasteiger charge is 2.48. The van der Waals surface area contributed by atoms with E-state index in [9.17, 15) is 9.59 Å². The van der Waals surface area contributed by atoms with Crippen molar-refractivity contribution in [3.8, 4) is 0 Å². The summed E-state index contributed by atoms with van der Waals surface area (Å²) >= 11 is 0. The summed E-state index contributed by atoms with van der Waals surface area (Å²) in [4.78, 5) is 26.7. The number of carbonyl (C=O) groups is 2. The van der Waals surface area contributed by atoms with Gasteiger partial charge in [-0.3, -0.25) is 9.69 Å². The first-order valence-corrected chi connectivity index (χ1v) is 5.08. The number of quaternary nitrogens is 1. The lowest BCUT2D eigenvalue weighted by molar-refractivity contribution is -0.665. The molecule has 78 valence electrons. The number of amides is 3. The average molecular weight is 198 g/mol. The predicted octanol–water partition coefficient (Wildman–Crippen LogP) is -1.40. The number of nitrogens with two attached hydrogens (primary N) is 1. The molecule has 5 nitrogen and oxygen atoms in total. The Hall–Kier alpha value is -1.10. The predicted molar refractivity (Wildman–Crippen MR) is 49.5 cm³/mol. The number of rotatable bonds is 1. The van der Waals surface area contributed by atoms with Gasteiger partial charge in [-0.05, 0) is 13.8 Å². The molecule has 0 aromatic carbocycles. The Labute approximate surface area is 83.0 Å². The third kappa shape index (κ3) is 1.19. The Bertz CT molecular complexity index is 253. The second-order valence-electron chi connectivity index (χ2n) is 4.11. The van der Waals surface area contributed by atoms with E-state index in [1.54, 1.807) is 4.90 Å². The van der Waals surface area contributed by atoms with Gasteiger partial charge in [0.25, 0.3) is 5.91 Å². The van der Waals surface area contributed by atoms with Crippen molar-refractivity contribution in [3.05, 3.63) is 0 Å². The third-order valence-electron chi connectivity index (χ3n) is 2.83. The van der Waals surface area contributed by atoms with E-state index in [1.807, 2.05) is 13.8 Å². The summed E-state index contributed by atoms with van der Waals surface area (Å²) in [5, 5.41) is 2.09. The fraction of sp³-hybridized carbons (Fsp3) is 0.778. The van der Waals surface area contributed by atoms with Crippen molar-refractivity contribution >= 4 is 11.9 Å². The van der Waals surface area contributed by atoms with Crippen LogP contribution in [0.15, 0.2) is 0 Å². The van der Waals surface area contributed by atoms with Crippen LogP contribution in [0.1, 0.15) is 13.8 Å². The van der Waals surface area contributed by atoms with Gasteiger partial charge in [0.1, 0.15) is 6.54 Å². The Morgan fingerprint density at radius 2 is 2.14 bits per heavy atom. The van der Waals surface area contributed by atoms with Gasteiger partial charge < -0.3 is 10.2 Å². The van der Waals surface area contributed by atoms with E-state index >= 15 is 0 Å². The van der Waals surface area contributed by atoms with Crippen LogP contribution in [0, 0.1) is 0 Å². The Morgan fingerprint density at radius 3 is 2.71 bits per heavy atom. The maximum absolute atomic E-state index is 11.8. The van der Waals surface area contributed by atoms with Crippen molar-refractivity contribution in [2.24, 2.45) is 0 Å². The molecule has 2 N–H and O–H groups in total. The quantitative estimate of drug-likeness (QED) is 0.527. The van der Waals surface area contributed by atoms with Crippen LogP contribution in [-0.4, -0.2) is 53.5 Å². The molecule has 1 atom stereocenters. The zero-order chi connectivity index (χ0) is 10.3. The molecular formula is C9H16N3O2+. The Morgan fingerprint density at radius 1 is 1.43 bits per heavy atom. The Balaban J connectivity index is 2.24. The van der Waals surface area contributed by atoms with Gasteiger partial charge in [0.15, 0.2) is 6.04 Å². The summed E-state index contributed by atoms with van der Waals surface area (Å²) in [6.07, 6.45) is 0. The number of hydrogen-bond donors (Lipinski definition) is 1. The number of hydrogen-bond acceptors (Lipinski definition) is 2. The van der Waals surface area contributed by atoms with E-state index in [0.717, 1.165) is 6.54 Å². The molecule has 0 saturated carbocycles. The summed E-state index contributed by atoms with van der Waals surface area (Å²) in [5.41, 5.74) is 0. The molecular weight excluding hydrogens is 182 g/mol.